The summed E-state index contributed by atoms with van der Waals surface area (Å²) in [5.41, 5.74) is 1.47. The van der Waals surface area contributed by atoms with E-state index < -0.39 is 0 Å². The van der Waals surface area contributed by atoms with Crippen LogP contribution in [0.2, 0.25) is 0 Å². The first-order valence-electron chi connectivity index (χ1n) is 3.60. The van der Waals surface area contributed by atoms with Gasteiger partial charge in [-0.05, 0) is 12.1 Å². The monoisotopic (exact) mass is 148 g/mol. The van der Waals surface area contributed by atoms with E-state index in [9.17, 15) is 0 Å². The summed E-state index contributed by atoms with van der Waals surface area (Å²) < 4.78 is 5.34. The summed E-state index contributed by atoms with van der Waals surface area (Å²) >= 11 is 0. The van der Waals surface area contributed by atoms with Crippen LogP contribution in [-0.2, 0) is 6.42 Å². The van der Waals surface area contributed by atoms with Gasteiger partial charge in [0.2, 0.25) is 0 Å². The summed E-state index contributed by atoms with van der Waals surface area (Å²) in [7, 11) is 0. The lowest BCUT2D eigenvalue weighted by molar-refractivity contribution is 0.538. The average molecular weight is 148 g/mol. The molecule has 0 saturated carbocycles. The number of hydrogen-bond acceptors (Lipinski definition) is 3. The van der Waals surface area contributed by atoms with E-state index in [1.54, 1.807) is 6.20 Å². The van der Waals surface area contributed by atoms with Crippen LogP contribution < -0.4 is 0 Å². The first kappa shape index (κ1) is 6.34. The summed E-state index contributed by atoms with van der Waals surface area (Å²) in [4.78, 5) is 8.20. The number of pyridine rings is 1. The van der Waals surface area contributed by atoms with Crippen LogP contribution in [0.1, 0.15) is 12.8 Å². The van der Waals surface area contributed by atoms with Crippen molar-refractivity contribution in [1.29, 1.82) is 0 Å². The summed E-state index contributed by atoms with van der Waals surface area (Å²) in [5.74, 6) is 0.749. The molecule has 2 heterocycles. The number of aromatic nitrogens is 2. The third-order valence-corrected chi connectivity index (χ3v) is 1.51. The smallest absolute Gasteiger partial charge is 0.198 e. The highest BCUT2D eigenvalue weighted by molar-refractivity contribution is 5.66. The van der Waals surface area contributed by atoms with Crippen molar-refractivity contribution in [2.45, 2.75) is 13.3 Å². The Hall–Kier alpha value is -1.38. The molecule has 0 N–H and O–H groups in total. The minimum atomic E-state index is 0.698. The largest absolute Gasteiger partial charge is 0.439 e. The van der Waals surface area contributed by atoms with Crippen LogP contribution in [-0.4, -0.2) is 9.97 Å². The van der Waals surface area contributed by atoms with Crippen molar-refractivity contribution in [2.24, 2.45) is 0 Å². The molecule has 0 atom stereocenters. The maximum Gasteiger partial charge on any atom is 0.198 e. The van der Waals surface area contributed by atoms with Crippen LogP contribution >= 0.6 is 0 Å². The molecular weight excluding hydrogens is 140 g/mol. The molecule has 2 aromatic rings. The van der Waals surface area contributed by atoms with Gasteiger partial charge in [0.1, 0.15) is 0 Å². The van der Waals surface area contributed by atoms with Crippen LogP contribution in [0.3, 0.4) is 0 Å². The second-order valence-electron chi connectivity index (χ2n) is 2.29. The van der Waals surface area contributed by atoms with E-state index in [-0.39, 0.29) is 0 Å². The second-order valence-corrected chi connectivity index (χ2v) is 2.29. The lowest BCUT2D eigenvalue weighted by Crippen LogP contribution is -1.77. The quantitative estimate of drug-likeness (QED) is 0.618. The van der Waals surface area contributed by atoms with Gasteiger partial charge in [-0.3, -0.25) is 0 Å². The Morgan fingerprint density at radius 2 is 2.45 bits per heavy atom. The molecule has 0 amide bonds. The van der Waals surface area contributed by atoms with Crippen molar-refractivity contribution in [3.05, 3.63) is 24.2 Å². The van der Waals surface area contributed by atoms with Crippen LogP contribution in [0.4, 0.5) is 0 Å². The molecule has 0 aliphatic rings. The van der Waals surface area contributed by atoms with Crippen molar-refractivity contribution in [3.8, 4) is 0 Å². The highest BCUT2D eigenvalue weighted by Gasteiger charge is 2.01. The number of hydrogen-bond donors (Lipinski definition) is 0. The Morgan fingerprint density at radius 1 is 1.55 bits per heavy atom. The third kappa shape index (κ3) is 0.981. The summed E-state index contributed by atoms with van der Waals surface area (Å²) in [5, 5.41) is 0. The molecule has 2 rings (SSSR count). The Morgan fingerprint density at radius 3 is 3.18 bits per heavy atom. The van der Waals surface area contributed by atoms with Crippen LogP contribution in [0.25, 0.3) is 11.2 Å². The molecule has 0 spiro atoms. The molecule has 11 heavy (non-hydrogen) atoms. The van der Waals surface area contributed by atoms with E-state index in [2.05, 4.69) is 9.97 Å². The Labute approximate surface area is 64.1 Å². The molecule has 2 aromatic heterocycles. The van der Waals surface area contributed by atoms with E-state index in [1.165, 1.54) is 0 Å². The normalized spacial score (nSPS) is 10.6. The number of fused-ring (bicyclic) bond motifs is 1. The zero-order valence-corrected chi connectivity index (χ0v) is 6.24. The predicted octanol–water partition coefficient (Wildman–Crippen LogP) is 1.79. The van der Waals surface area contributed by atoms with Crippen LogP contribution in [0.5, 0.6) is 0 Å². The van der Waals surface area contributed by atoms with Gasteiger partial charge in [0.15, 0.2) is 17.1 Å². The highest BCUT2D eigenvalue weighted by atomic mass is 16.3. The SMILES string of the molecule is CCc1nc2ncccc2o1. The van der Waals surface area contributed by atoms with E-state index in [1.807, 2.05) is 19.1 Å². The van der Waals surface area contributed by atoms with Crippen LogP contribution in [0, 0.1) is 0 Å². The van der Waals surface area contributed by atoms with Gasteiger partial charge in [0.25, 0.3) is 0 Å². The molecule has 0 aliphatic carbocycles. The molecular formula is C8H8N2O. The number of oxazole rings is 1. The van der Waals surface area contributed by atoms with Gasteiger partial charge in [0, 0.05) is 12.6 Å². The minimum absolute atomic E-state index is 0.698. The predicted molar refractivity (Wildman–Crippen MR) is 41.2 cm³/mol. The van der Waals surface area contributed by atoms with Gasteiger partial charge < -0.3 is 4.42 Å². The fourth-order valence-electron chi connectivity index (χ4n) is 0.965. The topological polar surface area (TPSA) is 38.9 Å². The van der Waals surface area contributed by atoms with Gasteiger partial charge in [-0.25, -0.2) is 4.98 Å². The molecule has 3 nitrogen and oxygen atoms in total. The zero-order valence-electron chi connectivity index (χ0n) is 6.24. The van der Waals surface area contributed by atoms with Crippen molar-refractivity contribution in [2.75, 3.05) is 0 Å². The Balaban J connectivity index is 2.69. The third-order valence-electron chi connectivity index (χ3n) is 1.51. The maximum absolute atomic E-state index is 5.34. The first-order valence-corrected chi connectivity index (χ1v) is 3.60. The Kier molecular flexibility index (Phi) is 1.35. The maximum atomic E-state index is 5.34. The second kappa shape index (κ2) is 2.34. The molecule has 0 fully saturated rings. The van der Waals surface area contributed by atoms with Gasteiger partial charge in [-0.1, -0.05) is 6.92 Å². The summed E-state index contributed by atoms with van der Waals surface area (Å²) in [6, 6.07) is 3.71. The number of nitrogens with zero attached hydrogens (tertiary/aromatic N) is 2. The van der Waals surface area contributed by atoms with Crippen molar-refractivity contribution in [3.63, 3.8) is 0 Å². The van der Waals surface area contributed by atoms with Crippen molar-refractivity contribution >= 4 is 11.2 Å². The van der Waals surface area contributed by atoms with Crippen molar-refractivity contribution in [1.82, 2.24) is 9.97 Å². The molecule has 3 heteroatoms. The number of rotatable bonds is 1. The highest BCUT2D eigenvalue weighted by Crippen LogP contribution is 2.11. The molecule has 0 saturated heterocycles. The average Bonchev–Trinajstić information content (AvgIpc) is 2.46. The lowest BCUT2D eigenvalue weighted by atomic mass is 10.5. The summed E-state index contributed by atoms with van der Waals surface area (Å²) in [6.07, 6.45) is 2.53. The molecule has 56 valence electrons. The fraction of sp³-hybridized carbons (Fsp3) is 0.250. The lowest BCUT2D eigenvalue weighted by Gasteiger charge is -1.80. The molecule has 0 radical (unpaired) electrons. The van der Waals surface area contributed by atoms with E-state index >= 15 is 0 Å². The Bertz CT molecular complexity index is 334. The van der Waals surface area contributed by atoms with E-state index in [0.29, 0.717) is 5.65 Å². The minimum Gasteiger partial charge on any atom is -0.439 e. The number of aryl methyl sites for hydroxylation is 1. The van der Waals surface area contributed by atoms with E-state index in [0.717, 1.165) is 17.9 Å². The standard InChI is InChI=1S/C8H8N2O/c1-2-7-10-8-6(11-7)4-3-5-9-8/h3-5H,2H2,1H3. The summed E-state index contributed by atoms with van der Waals surface area (Å²) in [6.45, 7) is 2.00. The molecule has 0 aromatic carbocycles. The first-order chi connectivity index (χ1) is 5.40. The van der Waals surface area contributed by atoms with Crippen LogP contribution in [0.15, 0.2) is 22.7 Å². The zero-order chi connectivity index (χ0) is 7.68. The fourth-order valence-corrected chi connectivity index (χ4v) is 0.965. The van der Waals surface area contributed by atoms with E-state index in [4.69, 9.17) is 4.42 Å². The van der Waals surface area contributed by atoms with Crippen molar-refractivity contribution < 1.29 is 4.42 Å². The van der Waals surface area contributed by atoms with Gasteiger partial charge in [0.05, 0.1) is 0 Å². The van der Waals surface area contributed by atoms with Gasteiger partial charge in [-0.2, -0.15) is 4.98 Å². The molecule has 0 bridgehead atoms. The molecule has 0 unspecified atom stereocenters. The van der Waals surface area contributed by atoms with Gasteiger partial charge in [-0.15, -0.1) is 0 Å². The molecule has 0 aliphatic heterocycles. The van der Waals surface area contributed by atoms with Gasteiger partial charge >= 0.3 is 0 Å².